The van der Waals surface area contributed by atoms with Gasteiger partial charge in [0.05, 0.1) is 19.3 Å². The summed E-state index contributed by atoms with van der Waals surface area (Å²) in [5.41, 5.74) is 8.45. The summed E-state index contributed by atoms with van der Waals surface area (Å²) in [4.78, 5) is 14.6. The number of hydrogen-bond donors (Lipinski definition) is 9. The lowest BCUT2D eigenvalue weighted by molar-refractivity contribution is -0.385. The fourth-order valence-electron chi connectivity index (χ4n) is 5.03. The van der Waals surface area contributed by atoms with Crippen molar-refractivity contribution < 1.29 is 74.1 Å². The van der Waals surface area contributed by atoms with Crippen LogP contribution in [0.3, 0.4) is 0 Å². The first-order valence-electron chi connectivity index (χ1n) is 13.9. The second kappa shape index (κ2) is 16.5. The van der Waals surface area contributed by atoms with Crippen LogP contribution in [0, 0.1) is 0 Å². The van der Waals surface area contributed by atoms with Gasteiger partial charge in [-0.05, 0) is 25.3 Å². The highest BCUT2D eigenvalue weighted by atomic mass is 16.8. The Morgan fingerprint density at radius 1 is 0.814 bits per heavy atom. The van der Waals surface area contributed by atoms with Gasteiger partial charge in [0, 0.05) is 25.0 Å². The fourth-order valence-corrected chi connectivity index (χ4v) is 5.03. The number of carbonyl (C=O) groups excluding carboxylic acids is 1. The van der Waals surface area contributed by atoms with E-state index in [-0.39, 0.29) is 13.2 Å². The van der Waals surface area contributed by atoms with E-state index >= 15 is 0 Å². The molecule has 3 fully saturated rings. The second-order valence-corrected chi connectivity index (χ2v) is 10.6. The maximum atomic E-state index is 11.9. The van der Waals surface area contributed by atoms with Crippen LogP contribution >= 0.6 is 0 Å². The molecule has 0 aliphatic carbocycles. The van der Waals surface area contributed by atoms with Crippen molar-refractivity contribution in [2.75, 3.05) is 26.4 Å². The zero-order valence-corrected chi connectivity index (χ0v) is 23.7. The number of aliphatic hydroxyl groups is 8. The van der Waals surface area contributed by atoms with Crippen molar-refractivity contribution in [3.05, 3.63) is 10.4 Å². The van der Waals surface area contributed by atoms with Crippen molar-refractivity contribution in [3.63, 3.8) is 0 Å². The summed E-state index contributed by atoms with van der Waals surface area (Å²) < 4.78 is 34.7. The molecule has 0 saturated carbocycles. The molecule has 0 bridgehead atoms. The van der Waals surface area contributed by atoms with Crippen molar-refractivity contribution in [2.45, 2.75) is 119 Å². The number of carbonyl (C=O) groups is 1. The van der Waals surface area contributed by atoms with Crippen molar-refractivity contribution in [3.8, 4) is 0 Å². The molecule has 1 amide bonds. The van der Waals surface area contributed by atoms with E-state index < -0.39 is 111 Å². The van der Waals surface area contributed by atoms with E-state index in [0.29, 0.717) is 12.8 Å². The predicted octanol–water partition coefficient (Wildman–Crippen LogP) is -4.29. The minimum absolute atomic E-state index is 0.00416. The molecule has 0 radical (unpaired) electrons. The number of aliphatic hydroxyl groups excluding tert-OH is 8. The summed E-state index contributed by atoms with van der Waals surface area (Å²) in [6.07, 6.45) is -20.5. The monoisotopic (exact) mass is 626 g/mol. The van der Waals surface area contributed by atoms with Crippen molar-refractivity contribution >= 4 is 5.91 Å². The molecule has 3 heterocycles. The maximum Gasteiger partial charge on any atom is 0.217 e. The number of unbranched alkanes of at least 4 members (excludes halogenated alkanes) is 1. The van der Waals surface area contributed by atoms with Gasteiger partial charge < -0.3 is 74.6 Å². The minimum Gasteiger partial charge on any atom is -0.394 e. The highest BCUT2D eigenvalue weighted by Gasteiger charge is 2.54. The molecule has 3 saturated heterocycles. The van der Waals surface area contributed by atoms with Crippen LogP contribution in [0.15, 0.2) is 5.11 Å². The van der Waals surface area contributed by atoms with Crippen LogP contribution in [0.1, 0.15) is 26.7 Å². The lowest BCUT2D eigenvalue weighted by atomic mass is 9.95. The Bertz CT molecular complexity index is 931. The molecule has 0 aromatic carbocycles. The zero-order chi connectivity index (χ0) is 31.8. The summed E-state index contributed by atoms with van der Waals surface area (Å²) >= 11 is 0. The number of rotatable bonds is 13. The highest BCUT2D eigenvalue weighted by Crippen LogP contribution is 2.33. The van der Waals surface area contributed by atoms with Gasteiger partial charge in [-0.1, -0.05) is 5.11 Å². The Hall–Kier alpha value is -1.78. The smallest absolute Gasteiger partial charge is 0.217 e. The van der Waals surface area contributed by atoms with Crippen LogP contribution in [-0.2, 0) is 33.2 Å². The minimum atomic E-state index is -1.78. The van der Waals surface area contributed by atoms with Gasteiger partial charge in [0.25, 0.3) is 0 Å². The summed E-state index contributed by atoms with van der Waals surface area (Å²) in [6, 6.07) is -1.41. The summed E-state index contributed by atoms with van der Waals surface area (Å²) in [5.74, 6) is -0.633. The lowest BCUT2D eigenvalue weighted by Gasteiger charge is -2.49. The third kappa shape index (κ3) is 8.69. The first-order chi connectivity index (χ1) is 20.4. The Balaban J connectivity index is 1.93. The van der Waals surface area contributed by atoms with E-state index in [1.54, 1.807) is 0 Å². The van der Waals surface area contributed by atoms with Crippen molar-refractivity contribution in [2.24, 2.45) is 5.11 Å². The van der Waals surface area contributed by atoms with Gasteiger partial charge in [0.15, 0.2) is 18.9 Å². The number of azide groups is 1. The van der Waals surface area contributed by atoms with E-state index in [9.17, 15) is 45.6 Å². The number of nitrogens with zero attached hydrogens (tertiary/aromatic N) is 3. The molecule has 19 heteroatoms. The molecule has 0 spiro atoms. The number of hydrogen-bond acceptors (Lipinski definition) is 16. The van der Waals surface area contributed by atoms with E-state index in [2.05, 4.69) is 15.3 Å². The average Bonchev–Trinajstić information content (AvgIpc) is 2.98. The van der Waals surface area contributed by atoms with Crippen LogP contribution in [0.5, 0.6) is 0 Å². The van der Waals surface area contributed by atoms with Crippen LogP contribution < -0.4 is 5.32 Å². The highest BCUT2D eigenvalue weighted by molar-refractivity contribution is 5.73. The second-order valence-electron chi connectivity index (χ2n) is 10.6. The maximum absolute atomic E-state index is 11.9. The third-order valence-corrected chi connectivity index (χ3v) is 7.44. The van der Waals surface area contributed by atoms with Gasteiger partial charge in [0.2, 0.25) is 5.91 Å². The van der Waals surface area contributed by atoms with Crippen molar-refractivity contribution in [1.82, 2.24) is 5.32 Å². The molecule has 0 aromatic heterocycles. The largest absolute Gasteiger partial charge is 0.394 e. The van der Waals surface area contributed by atoms with Crippen LogP contribution in [0.2, 0.25) is 0 Å². The molecule has 3 rings (SSSR count). The van der Waals surface area contributed by atoms with Crippen LogP contribution in [0.25, 0.3) is 10.4 Å². The van der Waals surface area contributed by atoms with E-state index in [1.165, 1.54) is 6.92 Å². The van der Waals surface area contributed by atoms with Gasteiger partial charge in [-0.3, -0.25) is 4.79 Å². The van der Waals surface area contributed by atoms with Gasteiger partial charge in [-0.2, -0.15) is 0 Å². The lowest BCUT2D eigenvalue weighted by Crippen LogP contribution is -2.68. The molecule has 248 valence electrons. The van der Waals surface area contributed by atoms with E-state index in [4.69, 9.17) is 34.0 Å². The normalized spacial score (nSPS) is 43.5. The van der Waals surface area contributed by atoms with Crippen LogP contribution in [-0.4, -0.2) is 165 Å². The van der Waals surface area contributed by atoms with Gasteiger partial charge in [-0.15, -0.1) is 0 Å². The summed E-state index contributed by atoms with van der Waals surface area (Å²) in [5, 5.41) is 88.7. The van der Waals surface area contributed by atoms with Gasteiger partial charge >= 0.3 is 0 Å². The Kier molecular flexibility index (Phi) is 13.7. The average molecular weight is 627 g/mol. The quantitative estimate of drug-likeness (QED) is 0.0404. The summed E-state index contributed by atoms with van der Waals surface area (Å²) in [6.45, 7) is 1.28. The first kappa shape index (κ1) is 35.7. The number of ether oxygens (including phenoxy) is 6. The van der Waals surface area contributed by atoms with E-state index in [0.717, 1.165) is 6.92 Å². The number of nitrogens with one attached hydrogen (secondary N) is 1. The van der Waals surface area contributed by atoms with Crippen LogP contribution in [0.4, 0.5) is 0 Å². The topological polar surface area (TPSA) is 295 Å². The Morgan fingerprint density at radius 3 is 2.07 bits per heavy atom. The fraction of sp³-hybridized carbons (Fsp3) is 0.958. The van der Waals surface area contributed by atoms with E-state index in [1.807, 2.05) is 0 Å². The summed E-state index contributed by atoms with van der Waals surface area (Å²) in [7, 11) is 0. The molecule has 0 unspecified atom stereocenters. The zero-order valence-electron chi connectivity index (χ0n) is 23.7. The number of amides is 1. The van der Waals surface area contributed by atoms with Crippen molar-refractivity contribution in [1.29, 1.82) is 0 Å². The molecular formula is C24H42N4O15. The molecule has 19 nitrogen and oxygen atoms in total. The molecule has 3 aliphatic rings. The molecular weight excluding hydrogens is 584 g/mol. The molecule has 15 atom stereocenters. The first-order valence-corrected chi connectivity index (χ1v) is 13.9. The molecule has 3 aliphatic heterocycles. The molecule has 0 aromatic rings. The molecule has 9 N–H and O–H groups in total. The third-order valence-electron chi connectivity index (χ3n) is 7.44. The Labute approximate surface area is 246 Å². The molecule has 43 heavy (non-hydrogen) atoms. The Morgan fingerprint density at radius 2 is 1.44 bits per heavy atom. The van der Waals surface area contributed by atoms with Gasteiger partial charge in [-0.25, -0.2) is 0 Å². The van der Waals surface area contributed by atoms with Gasteiger partial charge in [0.1, 0.15) is 67.1 Å². The SMILES string of the molecule is CC(=O)N[C@H]1[C@@H](O[C@H]2[C@@H](O)[C@@H](CO)O[C@@H](OCCCCN=[N+]=[N-])[C@@H]2O[C@@H]2O[C@@H](C)[C@@H](O)[C@@H](O)[C@@H]2O)O[C@H](CO)[C@H](O)[C@@H]1O. The predicted molar refractivity (Wildman–Crippen MR) is 138 cm³/mol. The standard InChI is InChI=1S/C24H42N4O15/c1-9-14(32)18(36)19(37)23(39-9)43-21-20(16(34)12(8-30)41-24(21)38-6-4-3-5-26-28-25)42-22-13(27-10(2)31)17(35)15(33)11(7-29)40-22/h9,11-24,29-30,32-37H,3-8H2,1-2H3,(H,27,31)/t9-,11+,12+,13+,14+,15-,16-,17+,18+,19-,20-,21+,22+,23-,24+/m0/s1.